The van der Waals surface area contributed by atoms with Crippen LogP contribution < -0.4 is 5.48 Å². The fourth-order valence-electron chi connectivity index (χ4n) is 0.798. The molecule has 1 heterocycles. The lowest BCUT2D eigenvalue weighted by atomic mass is 10.2. The van der Waals surface area contributed by atoms with Crippen LogP contribution in [0.15, 0.2) is 6.20 Å². The summed E-state index contributed by atoms with van der Waals surface area (Å²) >= 11 is 0. The molecule has 1 aromatic heterocycles. The van der Waals surface area contributed by atoms with Crippen LogP contribution in [0.3, 0.4) is 0 Å². The molecule has 0 atom stereocenters. The minimum absolute atomic E-state index is 0.315. The van der Waals surface area contributed by atoms with E-state index in [2.05, 4.69) is 15.0 Å². The minimum Gasteiger partial charge on any atom is -0.479 e. The van der Waals surface area contributed by atoms with Crippen LogP contribution in [-0.2, 0) is 9.63 Å². The van der Waals surface area contributed by atoms with Crippen LogP contribution in [0.25, 0.3) is 0 Å². The smallest absolute Gasteiger partial charge is 0.332 e. The molecule has 14 heavy (non-hydrogen) atoms. The Labute approximate surface area is 79.0 Å². The average molecular weight is 199 g/mol. The van der Waals surface area contributed by atoms with Gasteiger partial charge in [0.2, 0.25) is 0 Å². The molecule has 1 rings (SSSR count). The van der Waals surface area contributed by atoms with Gasteiger partial charge in [-0.2, -0.15) is 5.10 Å². The van der Waals surface area contributed by atoms with E-state index in [-0.39, 0.29) is 0 Å². The number of hydrogen-bond donors (Lipinski definition) is 3. The Morgan fingerprint density at radius 1 is 1.71 bits per heavy atom. The fraction of sp³-hybridized carbons (Fsp3) is 0.286. The molecule has 0 aliphatic rings. The summed E-state index contributed by atoms with van der Waals surface area (Å²) in [5.74, 6) is -1.69. The molecule has 1 amide bonds. The lowest BCUT2D eigenvalue weighted by molar-refractivity contribution is -0.144. The first-order chi connectivity index (χ1) is 6.61. The summed E-state index contributed by atoms with van der Waals surface area (Å²) in [6.07, 6.45) is 1.33. The maximum atomic E-state index is 11.2. The summed E-state index contributed by atoms with van der Waals surface area (Å²) in [4.78, 5) is 25.7. The number of carboxylic acid groups (broad SMARTS) is 1. The third-order valence-electron chi connectivity index (χ3n) is 1.44. The van der Waals surface area contributed by atoms with Crippen molar-refractivity contribution in [2.24, 2.45) is 0 Å². The zero-order chi connectivity index (χ0) is 10.6. The largest absolute Gasteiger partial charge is 0.479 e. The molecule has 0 aliphatic carbocycles. The molecule has 1 aromatic rings. The van der Waals surface area contributed by atoms with E-state index in [9.17, 15) is 9.59 Å². The quantitative estimate of drug-likeness (QED) is 0.565. The average Bonchev–Trinajstić information content (AvgIpc) is 2.50. The van der Waals surface area contributed by atoms with Crippen LogP contribution in [0.2, 0.25) is 0 Å². The van der Waals surface area contributed by atoms with E-state index in [0.29, 0.717) is 11.3 Å². The standard InChI is InChI=1S/C7H9N3O4/c1-4-5(2-8-9-4)7(13)10-14-3-6(11)12/h2H,3H2,1H3,(H,8,9)(H,10,13)(H,11,12). The van der Waals surface area contributed by atoms with Crippen molar-refractivity contribution in [3.05, 3.63) is 17.5 Å². The Morgan fingerprint density at radius 2 is 2.43 bits per heavy atom. The second-order valence-corrected chi connectivity index (χ2v) is 2.52. The van der Waals surface area contributed by atoms with Gasteiger partial charge in [0.05, 0.1) is 11.8 Å². The van der Waals surface area contributed by atoms with Crippen molar-refractivity contribution in [1.29, 1.82) is 0 Å². The predicted molar refractivity (Wildman–Crippen MR) is 44.4 cm³/mol. The monoisotopic (exact) mass is 199 g/mol. The van der Waals surface area contributed by atoms with Crippen molar-refractivity contribution < 1.29 is 19.5 Å². The van der Waals surface area contributed by atoms with Gasteiger partial charge in [0.1, 0.15) is 0 Å². The SMILES string of the molecule is Cc1[nH]ncc1C(=O)NOCC(=O)O. The van der Waals surface area contributed by atoms with Crippen LogP contribution in [0, 0.1) is 6.92 Å². The van der Waals surface area contributed by atoms with Crippen molar-refractivity contribution in [3.63, 3.8) is 0 Å². The Balaban J connectivity index is 2.44. The van der Waals surface area contributed by atoms with Gasteiger partial charge in [0, 0.05) is 5.69 Å². The molecule has 76 valence electrons. The fourth-order valence-corrected chi connectivity index (χ4v) is 0.798. The number of aryl methyl sites for hydroxylation is 1. The Kier molecular flexibility index (Phi) is 3.19. The van der Waals surface area contributed by atoms with Crippen molar-refractivity contribution in [2.75, 3.05) is 6.61 Å². The highest BCUT2D eigenvalue weighted by Gasteiger charge is 2.10. The second-order valence-electron chi connectivity index (χ2n) is 2.52. The van der Waals surface area contributed by atoms with E-state index in [0.717, 1.165) is 0 Å². The van der Waals surface area contributed by atoms with Crippen molar-refractivity contribution in [2.45, 2.75) is 6.92 Å². The lowest BCUT2D eigenvalue weighted by Gasteiger charge is -2.01. The third kappa shape index (κ3) is 2.56. The third-order valence-corrected chi connectivity index (χ3v) is 1.44. The number of hydroxylamine groups is 1. The number of hydrogen-bond acceptors (Lipinski definition) is 4. The molecule has 0 bridgehead atoms. The Morgan fingerprint density at radius 3 is 2.93 bits per heavy atom. The summed E-state index contributed by atoms with van der Waals surface area (Å²) in [6, 6.07) is 0. The number of H-pyrrole nitrogens is 1. The number of aromatic nitrogens is 2. The second kappa shape index (κ2) is 4.38. The van der Waals surface area contributed by atoms with Crippen LogP contribution in [0.4, 0.5) is 0 Å². The molecule has 3 N–H and O–H groups in total. The highest BCUT2D eigenvalue weighted by Crippen LogP contribution is 2.01. The molecule has 0 radical (unpaired) electrons. The van der Waals surface area contributed by atoms with Gasteiger partial charge in [0.15, 0.2) is 6.61 Å². The first-order valence-electron chi connectivity index (χ1n) is 3.75. The molecule has 0 spiro atoms. The molecule has 7 nitrogen and oxygen atoms in total. The lowest BCUT2D eigenvalue weighted by Crippen LogP contribution is -2.26. The van der Waals surface area contributed by atoms with E-state index < -0.39 is 18.5 Å². The topological polar surface area (TPSA) is 104 Å². The van der Waals surface area contributed by atoms with Gasteiger partial charge >= 0.3 is 5.97 Å². The Bertz CT molecular complexity index is 346. The van der Waals surface area contributed by atoms with E-state index >= 15 is 0 Å². The number of amides is 1. The number of aromatic amines is 1. The van der Waals surface area contributed by atoms with Gasteiger partial charge in [-0.05, 0) is 6.92 Å². The van der Waals surface area contributed by atoms with Crippen molar-refractivity contribution in [1.82, 2.24) is 15.7 Å². The van der Waals surface area contributed by atoms with E-state index in [1.807, 2.05) is 5.48 Å². The van der Waals surface area contributed by atoms with Crippen LogP contribution in [-0.4, -0.2) is 33.8 Å². The van der Waals surface area contributed by atoms with Gasteiger partial charge in [-0.1, -0.05) is 0 Å². The summed E-state index contributed by atoms with van der Waals surface area (Å²) in [7, 11) is 0. The van der Waals surface area contributed by atoms with E-state index in [1.54, 1.807) is 6.92 Å². The van der Waals surface area contributed by atoms with E-state index in [1.165, 1.54) is 6.20 Å². The van der Waals surface area contributed by atoms with Crippen LogP contribution in [0.5, 0.6) is 0 Å². The molecular formula is C7H9N3O4. The molecule has 0 saturated heterocycles. The van der Waals surface area contributed by atoms with Crippen LogP contribution in [0.1, 0.15) is 16.1 Å². The summed E-state index contributed by atoms with van der Waals surface area (Å²) in [5.41, 5.74) is 2.88. The number of nitrogens with zero attached hydrogens (tertiary/aromatic N) is 1. The predicted octanol–water partition coefficient (Wildman–Crippen LogP) is -0.536. The van der Waals surface area contributed by atoms with Crippen LogP contribution >= 0.6 is 0 Å². The number of carbonyl (C=O) groups excluding carboxylic acids is 1. The summed E-state index contributed by atoms with van der Waals surface area (Å²) in [6.45, 7) is 1.09. The van der Waals surface area contributed by atoms with Gasteiger partial charge in [-0.15, -0.1) is 0 Å². The highest BCUT2D eigenvalue weighted by atomic mass is 16.7. The molecule has 0 unspecified atom stereocenters. The van der Waals surface area contributed by atoms with Gasteiger partial charge in [0.25, 0.3) is 5.91 Å². The summed E-state index contributed by atoms with van der Waals surface area (Å²) < 4.78 is 0. The first-order valence-corrected chi connectivity index (χ1v) is 3.75. The zero-order valence-electron chi connectivity index (χ0n) is 7.40. The van der Waals surface area contributed by atoms with Gasteiger partial charge in [-0.25, -0.2) is 10.3 Å². The molecule has 0 saturated carbocycles. The number of aliphatic carboxylic acids is 1. The first kappa shape index (κ1) is 10.2. The maximum Gasteiger partial charge on any atom is 0.332 e. The van der Waals surface area contributed by atoms with E-state index in [4.69, 9.17) is 5.11 Å². The molecule has 7 heteroatoms. The van der Waals surface area contributed by atoms with Crippen molar-refractivity contribution >= 4 is 11.9 Å². The van der Waals surface area contributed by atoms with Gasteiger partial charge in [-0.3, -0.25) is 14.7 Å². The number of carboxylic acids is 1. The number of rotatable bonds is 4. The number of nitrogens with one attached hydrogen (secondary N) is 2. The highest BCUT2D eigenvalue weighted by molar-refractivity contribution is 5.94. The molecule has 0 aliphatic heterocycles. The van der Waals surface area contributed by atoms with Gasteiger partial charge < -0.3 is 5.11 Å². The Hall–Kier alpha value is -1.89. The number of carbonyl (C=O) groups is 2. The zero-order valence-corrected chi connectivity index (χ0v) is 7.40. The molecule has 0 fully saturated rings. The normalized spacial score (nSPS) is 9.79. The minimum atomic E-state index is -1.16. The molecular weight excluding hydrogens is 190 g/mol. The molecule has 0 aromatic carbocycles. The summed E-state index contributed by atoms with van der Waals surface area (Å²) in [5, 5.41) is 14.4. The van der Waals surface area contributed by atoms with Crippen molar-refractivity contribution in [3.8, 4) is 0 Å². The maximum absolute atomic E-state index is 11.2.